The minimum atomic E-state index is -0.421. The van der Waals surface area contributed by atoms with Crippen molar-refractivity contribution in [3.8, 4) is 0 Å². The number of anilines is 1. The van der Waals surface area contributed by atoms with Gasteiger partial charge >= 0.3 is 0 Å². The third-order valence-electron chi connectivity index (χ3n) is 2.89. The van der Waals surface area contributed by atoms with Crippen molar-refractivity contribution < 1.29 is 4.92 Å². The minimum Gasteiger partial charge on any atom is -0.347 e. The summed E-state index contributed by atoms with van der Waals surface area (Å²) in [6.07, 6.45) is 1.61. The van der Waals surface area contributed by atoms with E-state index >= 15 is 0 Å². The topological polar surface area (TPSA) is 67.5 Å². The Labute approximate surface area is 117 Å². The van der Waals surface area contributed by atoms with Crippen LogP contribution in [0.4, 0.5) is 11.4 Å². The van der Waals surface area contributed by atoms with Crippen LogP contribution in [-0.2, 0) is 0 Å². The highest BCUT2D eigenvalue weighted by molar-refractivity contribution is 5.76. The maximum Gasteiger partial charge on any atom is 0.269 e. The molecule has 0 heterocycles. The smallest absolute Gasteiger partial charge is 0.269 e. The number of hydrogen-bond donors (Lipinski definition) is 1. The molecule has 0 amide bonds. The van der Waals surface area contributed by atoms with Gasteiger partial charge in [-0.05, 0) is 24.6 Å². The fourth-order valence-electron chi connectivity index (χ4n) is 1.72. The average molecular weight is 269 g/mol. The maximum absolute atomic E-state index is 10.5. The standard InChI is InChI=1S/C15H15N3O2/c1-12(13-5-3-2-4-6-13)16-11-17-14-7-9-15(10-8-14)18(19)20/h2-12H,1H3,(H,16,17). The summed E-state index contributed by atoms with van der Waals surface area (Å²) >= 11 is 0. The normalized spacial score (nSPS) is 12.2. The van der Waals surface area contributed by atoms with Gasteiger partial charge in [-0.1, -0.05) is 30.3 Å². The molecule has 0 aliphatic heterocycles. The molecule has 0 aromatic heterocycles. The number of benzene rings is 2. The fraction of sp³-hybridized carbons (Fsp3) is 0.133. The van der Waals surface area contributed by atoms with Crippen LogP contribution >= 0.6 is 0 Å². The molecule has 5 heteroatoms. The second-order valence-corrected chi connectivity index (χ2v) is 4.31. The molecular formula is C15H15N3O2. The third kappa shape index (κ3) is 3.65. The van der Waals surface area contributed by atoms with E-state index in [-0.39, 0.29) is 11.7 Å². The average Bonchev–Trinajstić information content (AvgIpc) is 2.48. The van der Waals surface area contributed by atoms with Crippen molar-refractivity contribution in [3.05, 3.63) is 70.3 Å². The van der Waals surface area contributed by atoms with Crippen molar-refractivity contribution in [2.45, 2.75) is 13.0 Å². The first-order valence-electron chi connectivity index (χ1n) is 6.24. The van der Waals surface area contributed by atoms with E-state index in [9.17, 15) is 10.1 Å². The number of rotatable bonds is 5. The highest BCUT2D eigenvalue weighted by Gasteiger charge is 2.03. The van der Waals surface area contributed by atoms with Gasteiger partial charge in [0.15, 0.2) is 0 Å². The lowest BCUT2D eigenvalue weighted by atomic mass is 10.1. The SMILES string of the molecule is CC(N=CNc1ccc([N+](=O)[O-])cc1)c1ccccc1. The molecule has 1 N–H and O–H groups in total. The molecule has 2 rings (SSSR count). The molecule has 2 aromatic carbocycles. The van der Waals surface area contributed by atoms with Gasteiger partial charge in [0.2, 0.25) is 0 Å². The number of nitro benzene ring substituents is 1. The van der Waals surface area contributed by atoms with Gasteiger partial charge < -0.3 is 5.32 Å². The summed E-state index contributed by atoms with van der Waals surface area (Å²) < 4.78 is 0. The van der Waals surface area contributed by atoms with Crippen LogP contribution < -0.4 is 5.32 Å². The quantitative estimate of drug-likeness (QED) is 0.388. The highest BCUT2D eigenvalue weighted by Crippen LogP contribution is 2.16. The Morgan fingerprint density at radius 1 is 1.15 bits per heavy atom. The van der Waals surface area contributed by atoms with Crippen LogP contribution in [0.3, 0.4) is 0 Å². The zero-order valence-electron chi connectivity index (χ0n) is 11.1. The van der Waals surface area contributed by atoms with Gasteiger partial charge in [0.25, 0.3) is 5.69 Å². The van der Waals surface area contributed by atoms with E-state index in [4.69, 9.17) is 0 Å². The molecule has 5 nitrogen and oxygen atoms in total. The molecule has 0 radical (unpaired) electrons. The predicted octanol–water partition coefficient (Wildman–Crippen LogP) is 3.80. The van der Waals surface area contributed by atoms with Crippen LogP contribution in [0.25, 0.3) is 0 Å². The van der Waals surface area contributed by atoms with Crippen LogP contribution in [0.1, 0.15) is 18.5 Å². The molecule has 102 valence electrons. The van der Waals surface area contributed by atoms with Gasteiger partial charge in [0.05, 0.1) is 17.3 Å². The van der Waals surface area contributed by atoms with Gasteiger partial charge in [-0.25, -0.2) is 0 Å². The first-order chi connectivity index (χ1) is 9.66. The van der Waals surface area contributed by atoms with Gasteiger partial charge in [0.1, 0.15) is 0 Å². The molecule has 0 fully saturated rings. The van der Waals surface area contributed by atoms with E-state index in [1.807, 2.05) is 37.3 Å². The first kappa shape index (κ1) is 13.7. The van der Waals surface area contributed by atoms with E-state index in [1.165, 1.54) is 12.1 Å². The Morgan fingerprint density at radius 3 is 2.40 bits per heavy atom. The van der Waals surface area contributed by atoms with Gasteiger partial charge in [0, 0.05) is 17.8 Å². The predicted molar refractivity (Wildman–Crippen MR) is 80.1 cm³/mol. The zero-order chi connectivity index (χ0) is 14.4. The number of hydrogen-bond acceptors (Lipinski definition) is 3. The molecule has 2 aromatic rings. The Balaban J connectivity index is 1.94. The van der Waals surface area contributed by atoms with Crippen molar-refractivity contribution in [1.29, 1.82) is 0 Å². The van der Waals surface area contributed by atoms with Crippen molar-refractivity contribution in [3.63, 3.8) is 0 Å². The largest absolute Gasteiger partial charge is 0.347 e. The van der Waals surface area contributed by atoms with E-state index in [0.717, 1.165) is 11.3 Å². The molecule has 0 spiro atoms. The molecule has 0 bridgehead atoms. The van der Waals surface area contributed by atoms with E-state index in [2.05, 4.69) is 10.3 Å². The van der Waals surface area contributed by atoms with E-state index < -0.39 is 4.92 Å². The maximum atomic E-state index is 10.5. The fourth-order valence-corrected chi connectivity index (χ4v) is 1.72. The van der Waals surface area contributed by atoms with Crippen LogP contribution in [0.15, 0.2) is 59.6 Å². The van der Waals surface area contributed by atoms with E-state index in [1.54, 1.807) is 18.5 Å². The number of nitrogens with one attached hydrogen (secondary N) is 1. The van der Waals surface area contributed by atoms with Crippen molar-refractivity contribution in [1.82, 2.24) is 0 Å². The molecule has 20 heavy (non-hydrogen) atoms. The number of aliphatic imine (C=N–C) groups is 1. The first-order valence-corrected chi connectivity index (χ1v) is 6.24. The summed E-state index contributed by atoms with van der Waals surface area (Å²) in [5, 5.41) is 13.5. The monoisotopic (exact) mass is 269 g/mol. The van der Waals surface area contributed by atoms with Crippen LogP contribution in [-0.4, -0.2) is 11.3 Å². The minimum absolute atomic E-state index is 0.0572. The lowest BCUT2D eigenvalue weighted by molar-refractivity contribution is -0.384. The molecular weight excluding hydrogens is 254 g/mol. The summed E-state index contributed by atoms with van der Waals surface area (Å²) in [6, 6.07) is 16.2. The lowest BCUT2D eigenvalue weighted by Crippen LogP contribution is -1.98. The van der Waals surface area contributed by atoms with E-state index in [0.29, 0.717) is 0 Å². The summed E-state index contributed by atoms with van der Waals surface area (Å²) in [7, 11) is 0. The zero-order valence-corrected chi connectivity index (χ0v) is 11.1. The number of nitrogens with zero attached hydrogens (tertiary/aromatic N) is 2. The second kappa shape index (κ2) is 6.47. The number of nitro groups is 1. The summed E-state index contributed by atoms with van der Waals surface area (Å²) in [4.78, 5) is 14.5. The summed E-state index contributed by atoms with van der Waals surface area (Å²) in [5.41, 5.74) is 1.97. The lowest BCUT2D eigenvalue weighted by Gasteiger charge is -2.06. The van der Waals surface area contributed by atoms with Gasteiger partial charge in [-0.3, -0.25) is 15.1 Å². The Kier molecular flexibility index (Phi) is 4.44. The molecule has 0 saturated heterocycles. The van der Waals surface area contributed by atoms with Crippen LogP contribution in [0.2, 0.25) is 0 Å². The molecule has 1 atom stereocenters. The molecule has 0 saturated carbocycles. The summed E-state index contributed by atoms with van der Waals surface area (Å²) in [5.74, 6) is 0. The molecule has 1 unspecified atom stereocenters. The van der Waals surface area contributed by atoms with Gasteiger partial charge in [-0.15, -0.1) is 0 Å². The molecule has 0 aliphatic carbocycles. The Bertz CT molecular complexity index is 594. The van der Waals surface area contributed by atoms with Crippen LogP contribution in [0.5, 0.6) is 0 Å². The second-order valence-electron chi connectivity index (χ2n) is 4.31. The Hall–Kier alpha value is -2.69. The van der Waals surface area contributed by atoms with Crippen molar-refractivity contribution in [2.24, 2.45) is 4.99 Å². The van der Waals surface area contributed by atoms with Crippen LogP contribution in [0, 0.1) is 10.1 Å². The van der Waals surface area contributed by atoms with Gasteiger partial charge in [-0.2, -0.15) is 0 Å². The van der Waals surface area contributed by atoms with Crippen molar-refractivity contribution >= 4 is 17.7 Å². The summed E-state index contributed by atoms with van der Waals surface area (Å²) in [6.45, 7) is 2.00. The number of non-ortho nitro benzene ring substituents is 1. The Morgan fingerprint density at radius 2 is 1.80 bits per heavy atom. The molecule has 0 aliphatic rings. The third-order valence-corrected chi connectivity index (χ3v) is 2.89. The van der Waals surface area contributed by atoms with Crippen molar-refractivity contribution in [2.75, 3.05) is 5.32 Å². The highest BCUT2D eigenvalue weighted by atomic mass is 16.6.